The number of hydrogen-bond donors (Lipinski definition) is 0. The quantitative estimate of drug-likeness (QED) is 0.586. The predicted octanol–water partition coefficient (Wildman–Crippen LogP) is 2.75. The Labute approximate surface area is 87.4 Å². The summed E-state index contributed by atoms with van der Waals surface area (Å²) in [4.78, 5) is 0. The average molecular weight is 194 g/mol. The van der Waals surface area contributed by atoms with Crippen LogP contribution in [0, 0.1) is 16.7 Å². The largest absolute Gasteiger partial charge is 0.303 e. The van der Waals surface area contributed by atoms with Crippen LogP contribution in [0.4, 0.5) is 0 Å². The fourth-order valence-electron chi connectivity index (χ4n) is 3.32. The molecule has 2 rings (SSSR count). The Kier molecular flexibility index (Phi) is 1.96. The van der Waals surface area contributed by atoms with Gasteiger partial charge in [-0.2, -0.15) is 5.10 Å². The molecule has 80 valence electrons. The first-order valence-electron chi connectivity index (χ1n) is 5.63. The van der Waals surface area contributed by atoms with Crippen LogP contribution < -0.4 is 0 Å². The number of fused-ring (bicyclic) bond motifs is 2. The lowest BCUT2D eigenvalue weighted by atomic mass is 9.70. The lowest BCUT2D eigenvalue weighted by molar-refractivity contribution is 0.192. The summed E-state index contributed by atoms with van der Waals surface area (Å²) in [6, 6.07) is 0. The summed E-state index contributed by atoms with van der Waals surface area (Å²) in [5.74, 6) is 0.867. The standard InChI is InChI=1S/C12H22N2/c1-11(2)9-6-7-12(11,3)10(8-9)13-14(4)5/h9H,6-8H2,1-5H3/b13-10-/t9-,12+/m0/s1. The molecule has 0 unspecified atom stereocenters. The summed E-state index contributed by atoms with van der Waals surface area (Å²) in [6.45, 7) is 7.24. The van der Waals surface area contributed by atoms with E-state index in [9.17, 15) is 0 Å². The van der Waals surface area contributed by atoms with Crippen LogP contribution in [-0.4, -0.2) is 24.8 Å². The van der Waals surface area contributed by atoms with Gasteiger partial charge in [0, 0.05) is 25.2 Å². The minimum Gasteiger partial charge on any atom is -0.303 e. The highest BCUT2D eigenvalue weighted by molar-refractivity contribution is 5.94. The van der Waals surface area contributed by atoms with Crippen molar-refractivity contribution >= 4 is 5.71 Å². The molecule has 0 aromatic rings. The van der Waals surface area contributed by atoms with Gasteiger partial charge in [-0.3, -0.25) is 0 Å². The Hall–Kier alpha value is -0.530. The van der Waals surface area contributed by atoms with Crippen molar-refractivity contribution in [1.29, 1.82) is 0 Å². The normalized spacial score (nSPS) is 42.1. The van der Waals surface area contributed by atoms with Crippen LogP contribution in [0.3, 0.4) is 0 Å². The van der Waals surface area contributed by atoms with Crippen molar-refractivity contribution < 1.29 is 0 Å². The summed E-state index contributed by atoms with van der Waals surface area (Å²) < 4.78 is 0. The third kappa shape index (κ3) is 1.06. The van der Waals surface area contributed by atoms with Crippen LogP contribution in [0.15, 0.2) is 5.10 Å². The SMILES string of the molecule is CN(C)/N=C1/C[C@@H]2CC[C@@]1(C)C2(C)C. The van der Waals surface area contributed by atoms with Crippen molar-refractivity contribution in [3.63, 3.8) is 0 Å². The first kappa shape index (κ1) is 10.0. The van der Waals surface area contributed by atoms with Gasteiger partial charge in [0.05, 0.1) is 0 Å². The Morgan fingerprint density at radius 3 is 2.29 bits per heavy atom. The van der Waals surface area contributed by atoms with E-state index >= 15 is 0 Å². The number of nitrogens with zero attached hydrogens (tertiary/aromatic N) is 2. The molecular formula is C12H22N2. The second-order valence-electron chi connectivity index (χ2n) is 5.89. The van der Waals surface area contributed by atoms with Crippen molar-refractivity contribution in [3.05, 3.63) is 0 Å². The van der Waals surface area contributed by atoms with Crippen LogP contribution in [0.25, 0.3) is 0 Å². The topological polar surface area (TPSA) is 15.6 Å². The van der Waals surface area contributed by atoms with E-state index in [2.05, 4.69) is 25.9 Å². The maximum atomic E-state index is 4.68. The highest BCUT2D eigenvalue weighted by atomic mass is 15.4. The smallest absolute Gasteiger partial charge is 0.0447 e. The van der Waals surface area contributed by atoms with Gasteiger partial charge in [-0.25, -0.2) is 0 Å². The summed E-state index contributed by atoms with van der Waals surface area (Å²) in [6.07, 6.45) is 3.95. The van der Waals surface area contributed by atoms with Crippen LogP contribution in [-0.2, 0) is 0 Å². The molecule has 0 heterocycles. The van der Waals surface area contributed by atoms with E-state index in [0.29, 0.717) is 10.8 Å². The first-order valence-corrected chi connectivity index (χ1v) is 5.63. The summed E-state index contributed by atoms with van der Waals surface area (Å²) >= 11 is 0. The number of rotatable bonds is 1. The Balaban J connectivity index is 2.36. The Morgan fingerprint density at radius 2 is 1.93 bits per heavy atom. The molecule has 0 N–H and O–H groups in total. The summed E-state index contributed by atoms with van der Waals surface area (Å²) in [5.41, 5.74) is 2.26. The predicted molar refractivity (Wildman–Crippen MR) is 60.4 cm³/mol. The van der Waals surface area contributed by atoms with Crippen molar-refractivity contribution in [2.45, 2.75) is 40.0 Å². The van der Waals surface area contributed by atoms with Gasteiger partial charge in [-0.1, -0.05) is 20.8 Å². The molecule has 2 aliphatic carbocycles. The highest BCUT2D eigenvalue weighted by Crippen LogP contribution is 2.63. The maximum absolute atomic E-state index is 4.68. The van der Waals surface area contributed by atoms with E-state index in [1.807, 2.05) is 19.1 Å². The van der Waals surface area contributed by atoms with Gasteiger partial charge in [0.15, 0.2) is 0 Å². The van der Waals surface area contributed by atoms with E-state index in [1.54, 1.807) is 0 Å². The molecule has 0 saturated heterocycles. The van der Waals surface area contributed by atoms with Gasteiger partial charge in [-0.15, -0.1) is 0 Å². The number of hydrogen-bond acceptors (Lipinski definition) is 2. The third-order valence-electron chi connectivity index (χ3n) is 4.83. The van der Waals surface area contributed by atoms with E-state index in [-0.39, 0.29) is 0 Å². The Morgan fingerprint density at radius 1 is 1.29 bits per heavy atom. The molecule has 14 heavy (non-hydrogen) atoms. The van der Waals surface area contributed by atoms with Crippen molar-refractivity contribution in [2.75, 3.05) is 14.1 Å². The minimum absolute atomic E-state index is 0.363. The summed E-state index contributed by atoms with van der Waals surface area (Å²) in [7, 11) is 4.05. The first-order chi connectivity index (χ1) is 6.38. The molecule has 0 aromatic carbocycles. The lowest BCUT2D eigenvalue weighted by Gasteiger charge is -2.34. The van der Waals surface area contributed by atoms with Crippen LogP contribution >= 0.6 is 0 Å². The average Bonchev–Trinajstić information content (AvgIpc) is 2.35. The molecule has 2 bridgehead atoms. The molecule has 2 fully saturated rings. The van der Waals surface area contributed by atoms with Crippen LogP contribution in [0.2, 0.25) is 0 Å². The summed E-state index contributed by atoms with van der Waals surface area (Å²) in [5, 5.41) is 6.63. The lowest BCUT2D eigenvalue weighted by Crippen LogP contribution is -2.33. The fourth-order valence-corrected chi connectivity index (χ4v) is 3.32. The molecule has 0 aromatic heterocycles. The highest BCUT2D eigenvalue weighted by Gasteiger charge is 2.59. The van der Waals surface area contributed by atoms with E-state index in [4.69, 9.17) is 0 Å². The second kappa shape index (κ2) is 2.74. The van der Waals surface area contributed by atoms with Gasteiger partial charge >= 0.3 is 0 Å². The molecule has 0 spiro atoms. The van der Waals surface area contributed by atoms with Gasteiger partial charge in [-0.05, 0) is 30.6 Å². The molecule has 2 nitrogen and oxygen atoms in total. The third-order valence-corrected chi connectivity index (χ3v) is 4.83. The molecule has 0 radical (unpaired) electrons. The molecule has 2 heteroatoms. The van der Waals surface area contributed by atoms with Gasteiger partial charge < -0.3 is 5.01 Å². The van der Waals surface area contributed by atoms with Crippen molar-refractivity contribution in [2.24, 2.45) is 21.8 Å². The molecular weight excluding hydrogens is 172 g/mol. The van der Waals surface area contributed by atoms with Gasteiger partial charge in [0.1, 0.15) is 0 Å². The molecule has 0 amide bonds. The molecule has 2 saturated carbocycles. The molecule has 2 atom stereocenters. The maximum Gasteiger partial charge on any atom is 0.0447 e. The number of hydrazone groups is 1. The minimum atomic E-state index is 0.363. The Bertz CT molecular complexity index is 278. The van der Waals surface area contributed by atoms with Crippen molar-refractivity contribution in [1.82, 2.24) is 5.01 Å². The van der Waals surface area contributed by atoms with E-state index in [0.717, 1.165) is 5.92 Å². The van der Waals surface area contributed by atoms with Crippen molar-refractivity contribution in [3.8, 4) is 0 Å². The zero-order valence-corrected chi connectivity index (χ0v) is 10.1. The molecule has 2 aliphatic rings. The zero-order chi connectivity index (χ0) is 10.6. The second-order valence-corrected chi connectivity index (χ2v) is 5.89. The molecule has 0 aliphatic heterocycles. The van der Waals surface area contributed by atoms with Gasteiger partial charge in [0.2, 0.25) is 0 Å². The fraction of sp³-hybridized carbons (Fsp3) is 0.917. The van der Waals surface area contributed by atoms with Crippen LogP contribution in [0.5, 0.6) is 0 Å². The van der Waals surface area contributed by atoms with E-state index in [1.165, 1.54) is 25.0 Å². The zero-order valence-electron chi connectivity index (χ0n) is 10.1. The van der Waals surface area contributed by atoms with E-state index < -0.39 is 0 Å². The monoisotopic (exact) mass is 194 g/mol. The van der Waals surface area contributed by atoms with Crippen LogP contribution in [0.1, 0.15) is 40.0 Å². The van der Waals surface area contributed by atoms with Gasteiger partial charge in [0.25, 0.3) is 0 Å².